The molecule has 1 fully saturated rings. The number of halogens is 1. The molecule has 7 heteroatoms. The van der Waals surface area contributed by atoms with E-state index in [1.165, 1.54) is 4.90 Å². The molecule has 0 unspecified atom stereocenters. The lowest BCUT2D eigenvalue weighted by Gasteiger charge is -2.29. The van der Waals surface area contributed by atoms with Gasteiger partial charge in [-0.05, 0) is 35.9 Å². The standard InChI is InChI=1S/C18H23ClN2O4/c1-12(2)15(17(23)21-10-6-9-14(21)16(19)22)20-18(24)25-11-13-7-4-3-5-8-13/h3-5,7-8,12,14-15H,6,9-11H2,1-2H3,(H,20,24)/t14-,15-/m0/s1. The fourth-order valence-electron chi connectivity index (χ4n) is 2.85. The SMILES string of the molecule is CC(C)[C@H](NC(=O)OCc1ccccc1)C(=O)N1CCC[C@H]1C(=O)Cl. The molecule has 0 spiro atoms. The molecule has 1 saturated heterocycles. The van der Waals surface area contributed by atoms with Gasteiger partial charge in [-0.3, -0.25) is 9.59 Å². The normalized spacial score (nSPS) is 18.1. The summed E-state index contributed by atoms with van der Waals surface area (Å²) in [6, 6.07) is 7.90. The first-order valence-electron chi connectivity index (χ1n) is 8.37. The third-order valence-electron chi connectivity index (χ3n) is 4.22. The van der Waals surface area contributed by atoms with Gasteiger partial charge in [0.05, 0.1) is 0 Å². The smallest absolute Gasteiger partial charge is 0.408 e. The van der Waals surface area contributed by atoms with Crippen molar-refractivity contribution in [1.29, 1.82) is 0 Å². The summed E-state index contributed by atoms with van der Waals surface area (Å²) in [6.45, 7) is 4.24. The number of likely N-dealkylation sites (tertiary alicyclic amines) is 1. The largest absolute Gasteiger partial charge is 0.445 e. The van der Waals surface area contributed by atoms with Crippen molar-refractivity contribution in [3.8, 4) is 0 Å². The highest BCUT2D eigenvalue weighted by atomic mass is 35.5. The van der Waals surface area contributed by atoms with Crippen molar-refractivity contribution >= 4 is 28.8 Å². The fraction of sp³-hybridized carbons (Fsp3) is 0.500. The molecule has 0 bridgehead atoms. The number of alkyl carbamates (subject to hydrolysis) is 1. The van der Waals surface area contributed by atoms with Crippen LogP contribution in [0.25, 0.3) is 0 Å². The van der Waals surface area contributed by atoms with Crippen LogP contribution in [0.2, 0.25) is 0 Å². The summed E-state index contributed by atoms with van der Waals surface area (Å²) in [4.78, 5) is 37.8. The zero-order chi connectivity index (χ0) is 18.4. The first-order chi connectivity index (χ1) is 11.9. The highest BCUT2D eigenvalue weighted by molar-refractivity contribution is 6.64. The number of carbonyl (C=O) groups is 3. The Morgan fingerprint density at radius 2 is 1.96 bits per heavy atom. The molecule has 136 valence electrons. The van der Waals surface area contributed by atoms with E-state index in [4.69, 9.17) is 16.3 Å². The Labute approximate surface area is 152 Å². The average molecular weight is 367 g/mol. The number of rotatable bonds is 6. The van der Waals surface area contributed by atoms with E-state index in [1.54, 1.807) is 0 Å². The first kappa shape index (κ1) is 19.2. The summed E-state index contributed by atoms with van der Waals surface area (Å²) >= 11 is 5.59. The van der Waals surface area contributed by atoms with E-state index in [2.05, 4.69) is 5.32 Å². The number of carbonyl (C=O) groups excluding carboxylic acids is 3. The maximum atomic E-state index is 12.8. The van der Waals surface area contributed by atoms with Crippen LogP contribution >= 0.6 is 11.6 Å². The fourth-order valence-corrected chi connectivity index (χ4v) is 3.08. The Balaban J connectivity index is 1.96. The summed E-state index contributed by atoms with van der Waals surface area (Å²) in [5, 5.41) is 2.07. The van der Waals surface area contributed by atoms with Crippen LogP contribution in [0.5, 0.6) is 0 Å². The van der Waals surface area contributed by atoms with E-state index < -0.39 is 23.4 Å². The maximum absolute atomic E-state index is 12.8. The number of hydrogen-bond acceptors (Lipinski definition) is 4. The van der Waals surface area contributed by atoms with Crippen LogP contribution in [0.4, 0.5) is 4.79 Å². The maximum Gasteiger partial charge on any atom is 0.408 e. The Kier molecular flexibility index (Phi) is 6.82. The van der Waals surface area contributed by atoms with Gasteiger partial charge in [-0.1, -0.05) is 44.2 Å². The van der Waals surface area contributed by atoms with Crippen LogP contribution < -0.4 is 5.32 Å². The van der Waals surface area contributed by atoms with Crippen LogP contribution in [-0.2, 0) is 20.9 Å². The van der Waals surface area contributed by atoms with Gasteiger partial charge >= 0.3 is 6.09 Å². The van der Waals surface area contributed by atoms with Crippen molar-refractivity contribution in [2.45, 2.75) is 45.4 Å². The van der Waals surface area contributed by atoms with Crippen molar-refractivity contribution < 1.29 is 19.1 Å². The van der Waals surface area contributed by atoms with Gasteiger partial charge in [0, 0.05) is 6.54 Å². The van der Waals surface area contributed by atoms with Crippen molar-refractivity contribution in [2.75, 3.05) is 6.54 Å². The number of nitrogens with zero attached hydrogens (tertiary/aromatic N) is 1. The Morgan fingerprint density at radius 3 is 2.56 bits per heavy atom. The zero-order valence-electron chi connectivity index (χ0n) is 14.4. The number of benzene rings is 1. The van der Waals surface area contributed by atoms with Crippen LogP contribution in [0.1, 0.15) is 32.3 Å². The minimum atomic E-state index is -0.764. The summed E-state index contributed by atoms with van der Waals surface area (Å²) in [5.41, 5.74) is 0.859. The van der Waals surface area contributed by atoms with E-state index >= 15 is 0 Å². The minimum absolute atomic E-state index is 0.123. The van der Waals surface area contributed by atoms with E-state index in [1.807, 2.05) is 44.2 Å². The lowest BCUT2D eigenvalue weighted by molar-refractivity contribution is -0.138. The van der Waals surface area contributed by atoms with Gasteiger partial charge in [-0.2, -0.15) is 0 Å². The van der Waals surface area contributed by atoms with E-state index in [9.17, 15) is 14.4 Å². The van der Waals surface area contributed by atoms with Gasteiger partial charge in [0.25, 0.3) is 0 Å². The van der Waals surface area contributed by atoms with Gasteiger partial charge in [-0.25, -0.2) is 4.79 Å². The highest BCUT2D eigenvalue weighted by Gasteiger charge is 2.38. The molecule has 0 aromatic heterocycles. The number of ether oxygens (including phenoxy) is 1. The van der Waals surface area contributed by atoms with Crippen LogP contribution in [-0.4, -0.2) is 40.8 Å². The molecule has 1 heterocycles. The van der Waals surface area contributed by atoms with Gasteiger partial charge in [0.1, 0.15) is 18.7 Å². The Hall–Kier alpha value is -2.08. The molecular weight excluding hydrogens is 344 g/mol. The van der Waals surface area contributed by atoms with E-state index in [0.717, 1.165) is 12.0 Å². The quantitative estimate of drug-likeness (QED) is 0.785. The lowest BCUT2D eigenvalue weighted by Crippen LogP contribution is -2.53. The van der Waals surface area contributed by atoms with Crippen molar-refractivity contribution in [3.05, 3.63) is 35.9 Å². The topological polar surface area (TPSA) is 75.7 Å². The molecule has 1 N–H and O–H groups in total. The Morgan fingerprint density at radius 1 is 1.28 bits per heavy atom. The third kappa shape index (κ3) is 5.19. The monoisotopic (exact) mass is 366 g/mol. The molecule has 1 aromatic rings. The molecule has 1 aliphatic heterocycles. The second kappa shape index (κ2) is 8.85. The van der Waals surface area contributed by atoms with Crippen LogP contribution in [0.15, 0.2) is 30.3 Å². The second-order valence-electron chi connectivity index (χ2n) is 6.42. The minimum Gasteiger partial charge on any atom is -0.445 e. The van der Waals surface area contributed by atoms with Crippen LogP contribution in [0.3, 0.4) is 0 Å². The highest BCUT2D eigenvalue weighted by Crippen LogP contribution is 2.22. The number of nitrogens with one attached hydrogen (secondary N) is 1. The molecule has 25 heavy (non-hydrogen) atoms. The Bertz CT molecular complexity index is 621. The predicted molar refractivity (Wildman–Crippen MR) is 94.0 cm³/mol. The van der Waals surface area contributed by atoms with Gasteiger partial charge < -0.3 is 15.0 Å². The van der Waals surface area contributed by atoms with Gasteiger partial charge in [0.15, 0.2) is 0 Å². The van der Waals surface area contributed by atoms with E-state index in [0.29, 0.717) is 13.0 Å². The summed E-state index contributed by atoms with van der Waals surface area (Å²) in [5.74, 6) is -0.452. The molecule has 2 amide bonds. The number of amides is 2. The van der Waals surface area contributed by atoms with Crippen LogP contribution in [0, 0.1) is 5.92 Å². The van der Waals surface area contributed by atoms with Gasteiger partial charge in [0.2, 0.25) is 11.1 Å². The molecule has 2 atom stereocenters. The van der Waals surface area contributed by atoms with Crippen molar-refractivity contribution in [2.24, 2.45) is 5.92 Å². The predicted octanol–water partition coefficient (Wildman–Crippen LogP) is 2.69. The zero-order valence-corrected chi connectivity index (χ0v) is 15.2. The first-order valence-corrected chi connectivity index (χ1v) is 8.75. The van der Waals surface area contributed by atoms with Crippen molar-refractivity contribution in [3.63, 3.8) is 0 Å². The summed E-state index contributed by atoms with van der Waals surface area (Å²) in [7, 11) is 0. The molecule has 0 radical (unpaired) electrons. The molecule has 2 rings (SSSR count). The summed E-state index contributed by atoms with van der Waals surface area (Å²) in [6.07, 6.45) is 0.610. The second-order valence-corrected chi connectivity index (χ2v) is 6.79. The molecule has 0 saturated carbocycles. The van der Waals surface area contributed by atoms with Gasteiger partial charge in [-0.15, -0.1) is 0 Å². The summed E-state index contributed by atoms with van der Waals surface area (Å²) < 4.78 is 5.18. The third-order valence-corrected chi connectivity index (χ3v) is 4.47. The lowest BCUT2D eigenvalue weighted by atomic mass is 10.0. The molecule has 1 aromatic carbocycles. The molecule has 1 aliphatic rings. The molecule has 6 nitrogen and oxygen atoms in total. The average Bonchev–Trinajstić information content (AvgIpc) is 3.08. The van der Waals surface area contributed by atoms with E-state index in [-0.39, 0.29) is 18.4 Å². The number of hydrogen-bond donors (Lipinski definition) is 1. The molecular formula is C18H23ClN2O4. The van der Waals surface area contributed by atoms with Crippen molar-refractivity contribution in [1.82, 2.24) is 10.2 Å². The molecule has 0 aliphatic carbocycles.